The van der Waals surface area contributed by atoms with E-state index in [4.69, 9.17) is 9.84 Å². The number of ether oxygens (including phenoxy) is 1. The maximum absolute atomic E-state index is 13.9. The van der Waals surface area contributed by atoms with Gasteiger partial charge in [0.2, 0.25) is 0 Å². The van der Waals surface area contributed by atoms with E-state index in [0.29, 0.717) is 17.2 Å². The molecule has 1 aromatic carbocycles. The number of benzene rings is 1. The van der Waals surface area contributed by atoms with Crippen LogP contribution in [0.5, 0.6) is 5.75 Å². The van der Waals surface area contributed by atoms with Crippen LogP contribution in [0.25, 0.3) is 0 Å². The highest BCUT2D eigenvalue weighted by Crippen LogP contribution is 2.27. The maximum atomic E-state index is 13.9. The van der Waals surface area contributed by atoms with E-state index < -0.39 is 0 Å². The highest BCUT2D eigenvalue weighted by molar-refractivity contribution is 5.36. The van der Waals surface area contributed by atoms with Gasteiger partial charge in [0.1, 0.15) is 11.6 Å². The van der Waals surface area contributed by atoms with Gasteiger partial charge >= 0.3 is 0 Å². The van der Waals surface area contributed by atoms with Gasteiger partial charge in [0.05, 0.1) is 7.11 Å². The second-order valence-corrected chi connectivity index (χ2v) is 4.77. The number of aliphatic hydroxyl groups is 1. The minimum atomic E-state index is -0.255. The monoisotopic (exact) mass is 269 g/mol. The fraction of sp³-hybridized carbons (Fsp3) is 0.600. The van der Waals surface area contributed by atoms with Crippen molar-refractivity contribution in [3.05, 3.63) is 29.6 Å². The smallest absolute Gasteiger partial charge is 0.131 e. The van der Waals surface area contributed by atoms with Crippen molar-refractivity contribution >= 4 is 0 Å². The Labute approximate surface area is 114 Å². The minimum absolute atomic E-state index is 0.121. The van der Waals surface area contributed by atoms with Crippen molar-refractivity contribution in [2.45, 2.75) is 32.7 Å². The average molecular weight is 269 g/mol. The molecule has 3 nitrogen and oxygen atoms in total. The molecule has 4 heteroatoms. The van der Waals surface area contributed by atoms with Gasteiger partial charge in [0, 0.05) is 18.2 Å². The second-order valence-electron chi connectivity index (χ2n) is 4.77. The summed E-state index contributed by atoms with van der Waals surface area (Å²) in [5, 5.41) is 12.3. The lowest BCUT2D eigenvalue weighted by molar-refractivity contribution is 0.248. The molecule has 0 radical (unpaired) electrons. The molecule has 0 aliphatic rings. The SMILES string of the molecule is CCC(CCO)CNC(C)c1c(F)cccc1OC. The molecule has 108 valence electrons. The zero-order valence-electron chi connectivity index (χ0n) is 11.9. The van der Waals surface area contributed by atoms with E-state index in [0.717, 1.165) is 19.4 Å². The summed E-state index contributed by atoms with van der Waals surface area (Å²) in [5.41, 5.74) is 0.559. The van der Waals surface area contributed by atoms with Gasteiger partial charge in [0.15, 0.2) is 0 Å². The molecule has 0 heterocycles. The van der Waals surface area contributed by atoms with Crippen molar-refractivity contribution < 1.29 is 14.2 Å². The Morgan fingerprint density at radius 1 is 1.42 bits per heavy atom. The van der Waals surface area contributed by atoms with Gasteiger partial charge in [-0.3, -0.25) is 0 Å². The van der Waals surface area contributed by atoms with Crippen LogP contribution < -0.4 is 10.1 Å². The molecule has 1 rings (SSSR count). The third-order valence-electron chi connectivity index (χ3n) is 3.49. The Morgan fingerprint density at radius 2 is 2.16 bits per heavy atom. The standard InChI is InChI=1S/C15H24FNO2/c1-4-12(8-9-18)10-17-11(2)15-13(16)6-5-7-14(15)19-3/h5-7,11-12,17-18H,4,8-10H2,1-3H3. The summed E-state index contributed by atoms with van der Waals surface area (Å²) >= 11 is 0. The Hall–Kier alpha value is -1.13. The van der Waals surface area contributed by atoms with Crippen LogP contribution in [0, 0.1) is 11.7 Å². The van der Waals surface area contributed by atoms with Crippen LogP contribution in [0.4, 0.5) is 4.39 Å². The number of nitrogens with one attached hydrogen (secondary N) is 1. The number of aliphatic hydroxyl groups excluding tert-OH is 1. The summed E-state index contributed by atoms with van der Waals surface area (Å²) < 4.78 is 19.1. The number of halogens is 1. The fourth-order valence-electron chi connectivity index (χ4n) is 2.19. The van der Waals surface area contributed by atoms with Crippen molar-refractivity contribution in [2.75, 3.05) is 20.3 Å². The van der Waals surface area contributed by atoms with Crippen LogP contribution in [0.2, 0.25) is 0 Å². The van der Waals surface area contributed by atoms with E-state index >= 15 is 0 Å². The van der Waals surface area contributed by atoms with Crippen LogP contribution in [0.1, 0.15) is 38.3 Å². The number of hydrogen-bond donors (Lipinski definition) is 2. The molecule has 0 saturated heterocycles. The van der Waals surface area contributed by atoms with Gasteiger partial charge < -0.3 is 15.2 Å². The first kappa shape index (κ1) is 15.9. The molecule has 0 aromatic heterocycles. The van der Waals surface area contributed by atoms with E-state index in [1.807, 2.05) is 6.92 Å². The zero-order valence-corrected chi connectivity index (χ0v) is 11.9. The highest BCUT2D eigenvalue weighted by atomic mass is 19.1. The fourth-order valence-corrected chi connectivity index (χ4v) is 2.19. The van der Waals surface area contributed by atoms with Gasteiger partial charge in [0.25, 0.3) is 0 Å². The summed E-state index contributed by atoms with van der Waals surface area (Å²) in [4.78, 5) is 0. The first-order valence-corrected chi connectivity index (χ1v) is 6.80. The van der Waals surface area contributed by atoms with Crippen LogP contribution >= 0.6 is 0 Å². The lowest BCUT2D eigenvalue weighted by atomic mass is 10.0. The predicted octanol–water partition coefficient (Wildman–Crippen LogP) is 2.89. The summed E-state index contributed by atoms with van der Waals surface area (Å²) in [6.07, 6.45) is 1.76. The molecule has 2 unspecified atom stereocenters. The molecule has 2 N–H and O–H groups in total. The Bertz CT molecular complexity index is 384. The molecule has 0 fully saturated rings. The molecule has 1 aromatic rings. The quantitative estimate of drug-likeness (QED) is 0.762. The lowest BCUT2D eigenvalue weighted by Gasteiger charge is -2.21. The van der Waals surface area contributed by atoms with Crippen molar-refractivity contribution in [1.29, 1.82) is 0 Å². The molecule has 0 amide bonds. The van der Waals surface area contributed by atoms with Crippen LogP contribution in [0.3, 0.4) is 0 Å². The maximum Gasteiger partial charge on any atom is 0.131 e. The van der Waals surface area contributed by atoms with Crippen LogP contribution in [0.15, 0.2) is 18.2 Å². The zero-order chi connectivity index (χ0) is 14.3. The molecule has 19 heavy (non-hydrogen) atoms. The molecule has 0 saturated carbocycles. The summed E-state index contributed by atoms with van der Waals surface area (Å²) in [5.74, 6) is 0.718. The summed E-state index contributed by atoms with van der Waals surface area (Å²) in [7, 11) is 1.55. The average Bonchev–Trinajstić information content (AvgIpc) is 2.42. The van der Waals surface area contributed by atoms with Crippen molar-refractivity contribution in [1.82, 2.24) is 5.32 Å². The normalized spacial score (nSPS) is 14.2. The molecule has 0 aliphatic carbocycles. The Balaban J connectivity index is 2.70. The van der Waals surface area contributed by atoms with Crippen molar-refractivity contribution in [3.63, 3.8) is 0 Å². The van der Waals surface area contributed by atoms with Crippen molar-refractivity contribution in [2.24, 2.45) is 5.92 Å². The van der Waals surface area contributed by atoms with Crippen molar-refractivity contribution in [3.8, 4) is 5.75 Å². The summed E-state index contributed by atoms with van der Waals surface area (Å²) in [6, 6.07) is 4.73. The van der Waals surface area contributed by atoms with Gasteiger partial charge in [-0.1, -0.05) is 19.4 Å². The molecular formula is C15H24FNO2. The van der Waals surface area contributed by atoms with Crippen LogP contribution in [-0.2, 0) is 0 Å². The van der Waals surface area contributed by atoms with E-state index in [2.05, 4.69) is 12.2 Å². The number of rotatable bonds is 8. The first-order chi connectivity index (χ1) is 9.13. The van der Waals surface area contributed by atoms with E-state index in [1.54, 1.807) is 19.2 Å². The third-order valence-corrected chi connectivity index (χ3v) is 3.49. The number of hydrogen-bond acceptors (Lipinski definition) is 3. The largest absolute Gasteiger partial charge is 0.496 e. The molecule has 0 bridgehead atoms. The molecular weight excluding hydrogens is 245 g/mol. The lowest BCUT2D eigenvalue weighted by Crippen LogP contribution is -2.27. The predicted molar refractivity (Wildman–Crippen MR) is 74.9 cm³/mol. The van der Waals surface area contributed by atoms with Crippen LogP contribution in [-0.4, -0.2) is 25.4 Å². The summed E-state index contributed by atoms with van der Waals surface area (Å²) in [6.45, 7) is 4.97. The van der Waals surface area contributed by atoms with Gasteiger partial charge in [-0.15, -0.1) is 0 Å². The first-order valence-electron chi connectivity index (χ1n) is 6.80. The van der Waals surface area contributed by atoms with Gasteiger partial charge in [-0.25, -0.2) is 4.39 Å². The molecule has 0 spiro atoms. The second kappa shape index (κ2) is 8.12. The Morgan fingerprint density at radius 3 is 2.74 bits per heavy atom. The van der Waals surface area contributed by atoms with Gasteiger partial charge in [-0.05, 0) is 37.9 Å². The van der Waals surface area contributed by atoms with Gasteiger partial charge in [-0.2, -0.15) is 0 Å². The topological polar surface area (TPSA) is 41.5 Å². The highest BCUT2D eigenvalue weighted by Gasteiger charge is 2.17. The van der Waals surface area contributed by atoms with E-state index in [1.165, 1.54) is 6.07 Å². The van der Waals surface area contributed by atoms with E-state index in [-0.39, 0.29) is 18.5 Å². The minimum Gasteiger partial charge on any atom is -0.496 e. The number of methoxy groups -OCH3 is 1. The molecule has 0 aliphatic heterocycles. The molecule has 2 atom stereocenters. The Kier molecular flexibility index (Phi) is 6.81. The van der Waals surface area contributed by atoms with E-state index in [9.17, 15) is 4.39 Å². The third kappa shape index (κ3) is 4.48.